The highest BCUT2D eigenvalue weighted by molar-refractivity contribution is 9.10. The van der Waals surface area contributed by atoms with E-state index in [4.69, 9.17) is 0 Å². The average Bonchev–Trinajstić information content (AvgIpc) is 3.01. The molecule has 0 radical (unpaired) electrons. The first-order valence-electron chi connectivity index (χ1n) is 6.16. The van der Waals surface area contributed by atoms with Crippen molar-refractivity contribution >= 4 is 15.9 Å². The molecule has 2 heteroatoms. The molecule has 0 aliphatic heterocycles. The molecule has 1 unspecified atom stereocenters. The molecule has 0 aromatic heterocycles. The van der Waals surface area contributed by atoms with Gasteiger partial charge in [-0.2, -0.15) is 0 Å². The largest absolute Gasteiger partial charge is 0.308 e. The SMILES string of the molecule is CC(CC1CC1)N[C@@H](C)c1cccc(Br)c1. The molecular formula is C14H20BrN. The highest BCUT2D eigenvalue weighted by Crippen LogP contribution is 2.33. The summed E-state index contributed by atoms with van der Waals surface area (Å²) in [7, 11) is 0. The summed E-state index contributed by atoms with van der Waals surface area (Å²) in [4.78, 5) is 0. The molecule has 88 valence electrons. The van der Waals surface area contributed by atoms with Crippen molar-refractivity contribution in [2.75, 3.05) is 0 Å². The van der Waals surface area contributed by atoms with Crippen LogP contribution < -0.4 is 5.32 Å². The van der Waals surface area contributed by atoms with Crippen molar-refractivity contribution in [3.05, 3.63) is 34.3 Å². The van der Waals surface area contributed by atoms with E-state index >= 15 is 0 Å². The predicted molar refractivity (Wildman–Crippen MR) is 72.5 cm³/mol. The van der Waals surface area contributed by atoms with Crippen LogP contribution in [0, 0.1) is 5.92 Å². The van der Waals surface area contributed by atoms with Gasteiger partial charge in [0.1, 0.15) is 0 Å². The highest BCUT2D eigenvalue weighted by Gasteiger charge is 2.24. The van der Waals surface area contributed by atoms with Crippen molar-refractivity contribution in [1.29, 1.82) is 0 Å². The number of nitrogens with one attached hydrogen (secondary N) is 1. The molecule has 2 rings (SSSR count). The van der Waals surface area contributed by atoms with Crippen LogP contribution in [0.4, 0.5) is 0 Å². The predicted octanol–water partition coefficient (Wildman–Crippen LogP) is 4.29. The molecule has 0 heterocycles. The van der Waals surface area contributed by atoms with Gasteiger partial charge >= 0.3 is 0 Å². The van der Waals surface area contributed by atoms with Gasteiger partial charge in [0.05, 0.1) is 0 Å². The quantitative estimate of drug-likeness (QED) is 0.849. The lowest BCUT2D eigenvalue weighted by atomic mass is 10.1. The van der Waals surface area contributed by atoms with Crippen LogP contribution in [0.25, 0.3) is 0 Å². The Morgan fingerprint density at radius 3 is 2.75 bits per heavy atom. The number of benzene rings is 1. The normalized spacial score (nSPS) is 19.4. The second-order valence-corrected chi connectivity index (χ2v) is 5.94. The van der Waals surface area contributed by atoms with Gasteiger partial charge in [-0.15, -0.1) is 0 Å². The molecule has 1 N–H and O–H groups in total. The van der Waals surface area contributed by atoms with Crippen molar-refractivity contribution in [3.63, 3.8) is 0 Å². The van der Waals surface area contributed by atoms with Crippen LogP contribution in [-0.4, -0.2) is 6.04 Å². The lowest BCUT2D eigenvalue weighted by Crippen LogP contribution is -2.29. The monoisotopic (exact) mass is 281 g/mol. The Morgan fingerprint density at radius 1 is 1.38 bits per heavy atom. The molecule has 1 nitrogen and oxygen atoms in total. The van der Waals surface area contributed by atoms with E-state index in [0.717, 1.165) is 10.4 Å². The van der Waals surface area contributed by atoms with E-state index in [9.17, 15) is 0 Å². The summed E-state index contributed by atoms with van der Waals surface area (Å²) in [5.74, 6) is 0.997. The Balaban J connectivity index is 1.88. The first kappa shape index (κ1) is 12.1. The minimum absolute atomic E-state index is 0.436. The molecule has 16 heavy (non-hydrogen) atoms. The topological polar surface area (TPSA) is 12.0 Å². The summed E-state index contributed by atoms with van der Waals surface area (Å²) in [6.07, 6.45) is 4.22. The first-order chi connectivity index (χ1) is 7.65. The molecule has 0 saturated heterocycles. The first-order valence-corrected chi connectivity index (χ1v) is 6.96. The van der Waals surface area contributed by atoms with Gasteiger partial charge in [-0.05, 0) is 43.9 Å². The number of hydrogen-bond acceptors (Lipinski definition) is 1. The zero-order chi connectivity index (χ0) is 11.5. The van der Waals surface area contributed by atoms with Crippen LogP contribution in [0.15, 0.2) is 28.7 Å². The van der Waals surface area contributed by atoms with Gasteiger partial charge in [0.15, 0.2) is 0 Å². The lowest BCUT2D eigenvalue weighted by Gasteiger charge is -2.20. The minimum atomic E-state index is 0.436. The van der Waals surface area contributed by atoms with Crippen molar-refractivity contribution in [1.82, 2.24) is 5.32 Å². The zero-order valence-electron chi connectivity index (χ0n) is 10.0. The third-order valence-corrected chi connectivity index (χ3v) is 3.76. The van der Waals surface area contributed by atoms with Crippen LogP contribution in [0.3, 0.4) is 0 Å². The fraction of sp³-hybridized carbons (Fsp3) is 0.571. The van der Waals surface area contributed by atoms with E-state index in [0.29, 0.717) is 12.1 Å². The average molecular weight is 282 g/mol. The summed E-state index contributed by atoms with van der Waals surface area (Å²) < 4.78 is 1.16. The van der Waals surface area contributed by atoms with Gasteiger partial charge in [0, 0.05) is 16.6 Å². The van der Waals surface area contributed by atoms with Crippen LogP contribution in [0.2, 0.25) is 0 Å². The molecular weight excluding hydrogens is 262 g/mol. The van der Waals surface area contributed by atoms with E-state index in [2.05, 4.69) is 59.4 Å². The van der Waals surface area contributed by atoms with Gasteiger partial charge in [-0.3, -0.25) is 0 Å². The fourth-order valence-corrected chi connectivity index (χ4v) is 2.64. The molecule has 0 amide bonds. The Kier molecular flexibility index (Phi) is 4.04. The Morgan fingerprint density at radius 2 is 2.12 bits per heavy atom. The van der Waals surface area contributed by atoms with Gasteiger partial charge in [0.2, 0.25) is 0 Å². The summed E-state index contributed by atoms with van der Waals surface area (Å²) >= 11 is 3.52. The summed E-state index contributed by atoms with van der Waals surface area (Å²) in [6.45, 7) is 4.54. The Bertz CT molecular complexity index is 346. The number of hydrogen-bond donors (Lipinski definition) is 1. The fourth-order valence-electron chi connectivity index (χ4n) is 2.22. The molecule has 1 saturated carbocycles. The van der Waals surface area contributed by atoms with Crippen molar-refractivity contribution in [2.45, 2.75) is 45.2 Å². The van der Waals surface area contributed by atoms with Crippen LogP contribution in [-0.2, 0) is 0 Å². The lowest BCUT2D eigenvalue weighted by molar-refractivity contribution is 0.438. The molecule has 2 atom stereocenters. The van der Waals surface area contributed by atoms with Crippen molar-refractivity contribution in [3.8, 4) is 0 Å². The standard InChI is InChI=1S/C14H20BrN/c1-10(8-12-6-7-12)16-11(2)13-4-3-5-14(15)9-13/h3-5,9-12,16H,6-8H2,1-2H3/t10?,11-/m0/s1. The van der Waals surface area contributed by atoms with Gasteiger partial charge in [0.25, 0.3) is 0 Å². The maximum atomic E-state index is 3.67. The van der Waals surface area contributed by atoms with Gasteiger partial charge in [-0.25, -0.2) is 0 Å². The molecule has 1 aromatic rings. The zero-order valence-corrected chi connectivity index (χ0v) is 11.6. The van der Waals surface area contributed by atoms with Crippen molar-refractivity contribution < 1.29 is 0 Å². The van der Waals surface area contributed by atoms with E-state index < -0.39 is 0 Å². The second kappa shape index (κ2) is 5.33. The van der Waals surface area contributed by atoms with E-state index in [1.807, 2.05) is 0 Å². The number of halogens is 1. The van der Waals surface area contributed by atoms with Crippen molar-refractivity contribution in [2.24, 2.45) is 5.92 Å². The minimum Gasteiger partial charge on any atom is -0.308 e. The molecule has 0 bridgehead atoms. The van der Waals surface area contributed by atoms with Gasteiger partial charge < -0.3 is 5.32 Å². The van der Waals surface area contributed by atoms with E-state index in [1.54, 1.807) is 0 Å². The molecule has 0 spiro atoms. The van der Waals surface area contributed by atoms with Crippen LogP contribution in [0.5, 0.6) is 0 Å². The maximum absolute atomic E-state index is 3.67. The number of rotatable bonds is 5. The third kappa shape index (κ3) is 3.60. The van der Waals surface area contributed by atoms with E-state index in [1.165, 1.54) is 24.8 Å². The van der Waals surface area contributed by atoms with Gasteiger partial charge in [-0.1, -0.05) is 40.9 Å². The Hall–Kier alpha value is -0.340. The second-order valence-electron chi connectivity index (χ2n) is 5.02. The summed E-state index contributed by atoms with van der Waals surface area (Å²) in [5, 5.41) is 3.67. The molecule has 1 aliphatic carbocycles. The summed E-state index contributed by atoms with van der Waals surface area (Å²) in [5.41, 5.74) is 1.36. The highest BCUT2D eigenvalue weighted by atomic mass is 79.9. The Labute approximate surface area is 107 Å². The smallest absolute Gasteiger partial charge is 0.0294 e. The maximum Gasteiger partial charge on any atom is 0.0294 e. The molecule has 1 fully saturated rings. The van der Waals surface area contributed by atoms with E-state index in [-0.39, 0.29) is 0 Å². The summed E-state index contributed by atoms with van der Waals surface area (Å²) in [6, 6.07) is 9.62. The van der Waals surface area contributed by atoms with Crippen LogP contribution in [0.1, 0.15) is 44.7 Å². The third-order valence-electron chi connectivity index (χ3n) is 3.27. The van der Waals surface area contributed by atoms with Crippen LogP contribution >= 0.6 is 15.9 Å². The molecule has 1 aliphatic rings. The molecule has 1 aromatic carbocycles.